The quantitative estimate of drug-likeness (QED) is 0.567. The monoisotopic (exact) mass is 390 g/mol. The molecule has 2 heterocycles. The van der Waals surface area contributed by atoms with Crippen molar-refractivity contribution >= 4 is 22.6 Å². The van der Waals surface area contributed by atoms with E-state index in [9.17, 15) is 4.79 Å². The minimum absolute atomic E-state index is 0.0697. The molecule has 0 saturated heterocycles. The summed E-state index contributed by atoms with van der Waals surface area (Å²) in [4.78, 5) is 12.9. The highest BCUT2D eigenvalue weighted by Gasteiger charge is 2.43. The highest BCUT2D eigenvalue weighted by atomic mass is 16.5. The molecule has 1 aliphatic carbocycles. The second kappa shape index (κ2) is 6.79. The number of amides is 2. The second-order valence-electron chi connectivity index (χ2n) is 8.46. The Morgan fingerprint density at radius 2 is 2.00 bits per heavy atom. The van der Waals surface area contributed by atoms with Crippen LogP contribution in [0.4, 0.5) is 10.5 Å². The number of hydrogen-bond donors (Lipinski definition) is 3. The van der Waals surface area contributed by atoms with Crippen molar-refractivity contribution in [1.29, 1.82) is 0 Å². The topological polar surface area (TPSA) is 79.0 Å². The molecule has 2 aromatic carbocycles. The van der Waals surface area contributed by atoms with Gasteiger partial charge in [0, 0.05) is 17.4 Å². The zero-order valence-corrected chi connectivity index (χ0v) is 16.8. The maximum Gasteiger partial charge on any atom is 0.319 e. The van der Waals surface area contributed by atoms with E-state index in [1.54, 1.807) is 6.20 Å². The van der Waals surface area contributed by atoms with Gasteiger partial charge in [0.2, 0.25) is 0 Å². The molecule has 3 aromatic rings. The van der Waals surface area contributed by atoms with Crippen LogP contribution in [0.1, 0.15) is 54.8 Å². The minimum Gasteiger partial charge on any atom is -0.487 e. The summed E-state index contributed by atoms with van der Waals surface area (Å²) in [5.74, 6) is 0.920. The molecule has 6 nitrogen and oxygen atoms in total. The molecule has 1 aromatic heterocycles. The van der Waals surface area contributed by atoms with E-state index in [1.165, 1.54) is 24.0 Å². The summed E-state index contributed by atoms with van der Waals surface area (Å²) in [6.07, 6.45) is 7.00. The first-order valence-electron chi connectivity index (χ1n) is 10.3. The number of aromatic nitrogens is 2. The molecule has 1 atom stereocenters. The lowest BCUT2D eigenvalue weighted by Gasteiger charge is -2.40. The van der Waals surface area contributed by atoms with Crippen molar-refractivity contribution in [2.75, 3.05) is 5.32 Å². The van der Waals surface area contributed by atoms with E-state index in [4.69, 9.17) is 4.74 Å². The molecule has 1 unspecified atom stereocenters. The summed E-state index contributed by atoms with van der Waals surface area (Å²) >= 11 is 0. The molecule has 150 valence electrons. The molecule has 1 fully saturated rings. The Morgan fingerprint density at radius 1 is 1.21 bits per heavy atom. The van der Waals surface area contributed by atoms with Crippen LogP contribution in [-0.2, 0) is 0 Å². The third-order valence-electron chi connectivity index (χ3n) is 6.46. The number of ether oxygens (including phenoxy) is 1. The number of H-pyrrole nitrogens is 1. The van der Waals surface area contributed by atoms with Crippen LogP contribution in [0.25, 0.3) is 10.9 Å². The predicted molar refractivity (Wildman–Crippen MR) is 113 cm³/mol. The van der Waals surface area contributed by atoms with Crippen molar-refractivity contribution in [3.8, 4) is 5.75 Å². The van der Waals surface area contributed by atoms with E-state index >= 15 is 0 Å². The first-order valence-corrected chi connectivity index (χ1v) is 10.3. The van der Waals surface area contributed by atoms with Crippen molar-refractivity contribution < 1.29 is 9.53 Å². The Balaban J connectivity index is 1.43. The zero-order chi connectivity index (χ0) is 20.0. The summed E-state index contributed by atoms with van der Waals surface area (Å²) in [6.45, 7) is 4.21. The van der Waals surface area contributed by atoms with Gasteiger partial charge in [-0.3, -0.25) is 5.10 Å². The van der Waals surface area contributed by atoms with Gasteiger partial charge >= 0.3 is 6.03 Å². The van der Waals surface area contributed by atoms with Gasteiger partial charge in [0.05, 0.1) is 23.4 Å². The van der Waals surface area contributed by atoms with Gasteiger partial charge in [0.25, 0.3) is 0 Å². The number of fused-ring (bicyclic) bond motifs is 2. The number of rotatable bonds is 2. The number of hydrogen-bond acceptors (Lipinski definition) is 3. The van der Waals surface area contributed by atoms with Crippen molar-refractivity contribution in [1.82, 2.24) is 15.5 Å². The largest absolute Gasteiger partial charge is 0.487 e. The molecule has 6 heteroatoms. The van der Waals surface area contributed by atoms with E-state index in [-0.39, 0.29) is 17.7 Å². The van der Waals surface area contributed by atoms with Crippen LogP contribution in [0.15, 0.2) is 36.5 Å². The van der Waals surface area contributed by atoms with Gasteiger partial charge in [0.15, 0.2) is 0 Å². The van der Waals surface area contributed by atoms with Crippen LogP contribution in [0.3, 0.4) is 0 Å². The minimum atomic E-state index is -0.206. The van der Waals surface area contributed by atoms with Crippen LogP contribution in [0, 0.1) is 13.8 Å². The Kier molecular flexibility index (Phi) is 4.23. The van der Waals surface area contributed by atoms with Gasteiger partial charge < -0.3 is 15.4 Å². The van der Waals surface area contributed by atoms with Crippen LogP contribution in [0.5, 0.6) is 5.75 Å². The maximum absolute atomic E-state index is 12.9. The number of aromatic amines is 1. The van der Waals surface area contributed by atoms with Crippen LogP contribution in [-0.4, -0.2) is 21.8 Å². The van der Waals surface area contributed by atoms with Gasteiger partial charge in [-0.05, 0) is 68.9 Å². The SMILES string of the molecule is Cc1cc2c(cc1C)C(NC(=O)Nc1cccc3[nH]ncc13)CC1(CCCC1)O2. The molecular formula is C23H26N4O2. The number of anilines is 1. The van der Waals surface area contributed by atoms with Crippen molar-refractivity contribution in [2.45, 2.75) is 57.6 Å². The third kappa shape index (κ3) is 3.22. The molecule has 1 aliphatic heterocycles. The van der Waals surface area contributed by atoms with Gasteiger partial charge in [-0.15, -0.1) is 0 Å². The van der Waals surface area contributed by atoms with E-state index in [0.717, 1.165) is 47.2 Å². The van der Waals surface area contributed by atoms with Gasteiger partial charge in [-0.25, -0.2) is 4.79 Å². The van der Waals surface area contributed by atoms with Crippen LogP contribution in [0.2, 0.25) is 0 Å². The second-order valence-corrected chi connectivity index (χ2v) is 8.46. The number of aryl methyl sites for hydroxylation is 2. The average Bonchev–Trinajstić information content (AvgIpc) is 3.34. The lowest BCUT2D eigenvalue weighted by molar-refractivity contribution is 0.0387. The van der Waals surface area contributed by atoms with Crippen molar-refractivity contribution in [2.24, 2.45) is 0 Å². The van der Waals surface area contributed by atoms with E-state index in [2.05, 4.69) is 46.8 Å². The Morgan fingerprint density at radius 3 is 2.83 bits per heavy atom. The lowest BCUT2D eigenvalue weighted by atomic mass is 9.85. The molecule has 0 radical (unpaired) electrons. The fourth-order valence-electron chi connectivity index (χ4n) is 4.78. The lowest BCUT2D eigenvalue weighted by Crippen LogP contribution is -2.44. The number of nitrogens with one attached hydrogen (secondary N) is 3. The fraction of sp³-hybridized carbons (Fsp3) is 0.391. The molecule has 5 rings (SSSR count). The van der Waals surface area contributed by atoms with Crippen LogP contribution >= 0.6 is 0 Å². The summed E-state index contributed by atoms with van der Waals surface area (Å²) in [7, 11) is 0. The number of nitrogens with zero attached hydrogens (tertiary/aromatic N) is 1. The molecule has 0 bridgehead atoms. The molecule has 29 heavy (non-hydrogen) atoms. The molecular weight excluding hydrogens is 364 g/mol. The zero-order valence-electron chi connectivity index (χ0n) is 16.8. The standard InChI is InChI=1S/C23H26N4O2/c1-14-10-16-20(12-23(8-3-4-9-23)29-21(16)11-15(14)2)26-22(28)25-18-6-5-7-19-17(18)13-24-27-19/h5-7,10-11,13,20H,3-4,8-9,12H2,1-2H3,(H,24,27)(H2,25,26,28). The highest BCUT2D eigenvalue weighted by molar-refractivity contribution is 6.00. The van der Waals surface area contributed by atoms with E-state index < -0.39 is 0 Å². The first-order chi connectivity index (χ1) is 14.0. The normalized spacial score (nSPS) is 19.7. The number of carbonyl (C=O) groups is 1. The number of carbonyl (C=O) groups excluding carboxylic acids is 1. The molecule has 3 N–H and O–H groups in total. The smallest absolute Gasteiger partial charge is 0.319 e. The number of benzene rings is 2. The van der Waals surface area contributed by atoms with Gasteiger partial charge in [0.1, 0.15) is 11.4 Å². The molecule has 1 spiro atoms. The number of urea groups is 1. The maximum atomic E-state index is 12.9. The summed E-state index contributed by atoms with van der Waals surface area (Å²) < 4.78 is 6.51. The Hall–Kier alpha value is -3.02. The molecule has 2 aliphatic rings. The summed E-state index contributed by atoms with van der Waals surface area (Å²) in [5.41, 5.74) is 4.99. The van der Waals surface area contributed by atoms with E-state index in [0.29, 0.717) is 0 Å². The van der Waals surface area contributed by atoms with Gasteiger partial charge in [-0.1, -0.05) is 12.1 Å². The fourth-order valence-corrected chi connectivity index (χ4v) is 4.78. The van der Waals surface area contributed by atoms with Crippen molar-refractivity contribution in [3.05, 3.63) is 53.2 Å². The van der Waals surface area contributed by atoms with Gasteiger partial charge in [-0.2, -0.15) is 5.10 Å². The summed E-state index contributed by atoms with van der Waals surface area (Å²) in [5, 5.41) is 14.1. The van der Waals surface area contributed by atoms with Crippen LogP contribution < -0.4 is 15.4 Å². The molecule has 2 amide bonds. The third-order valence-corrected chi connectivity index (χ3v) is 6.46. The Bertz CT molecular complexity index is 1080. The predicted octanol–water partition coefficient (Wildman–Crippen LogP) is 5.14. The Labute approximate surface area is 170 Å². The molecule has 1 saturated carbocycles. The van der Waals surface area contributed by atoms with E-state index in [1.807, 2.05) is 18.2 Å². The summed E-state index contributed by atoms with van der Waals surface area (Å²) in [6, 6.07) is 9.75. The average molecular weight is 390 g/mol. The first kappa shape index (κ1) is 18.0. The highest BCUT2D eigenvalue weighted by Crippen LogP contribution is 2.47. The van der Waals surface area contributed by atoms with Crippen molar-refractivity contribution in [3.63, 3.8) is 0 Å².